The molecule has 1 saturated heterocycles. The number of amides is 1. The van der Waals surface area contributed by atoms with Gasteiger partial charge in [0.1, 0.15) is 24.4 Å². The molecule has 0 spiro atoms. The molecule has 1 rings (SSSR count). The molecule has 1 amide bonds. The fraction of sp³-hybridized carbons (Fsp3) is 0.896. The van der Waals surface area contributed by atoms with E-state index in [1.165, 1.54) is 154 Å². The lowest BCUT2D eigenvalue weighted by atomic mass is 9.99. The highest BCUT2D eigenvalue weighted by molar-refractivity contribution is 7.80. The molecule has 1 aliphatic heterocycles. The molecule has 1 fully saturated rings. The van der Waals surface area contributed by atoms with E-state index in [2.05, 4.69) is 35.5 Å². The van der Waals surface area contributed by atoms with E-state index >= 15 is 0 Å². The van der Waals surface area contributed by atoms with Gasteiger partial charge in [0.25, 0.3) is 0 Å². The molecule has 61 heavy (non-hydrogen) atoms. The molecule has 0 aromatic carbocycles. The SMILES string of the molecule is CCCCCCCC/C=C\CCCCCCCCCCCCCC(=O)N[C@@H](CO[C@@H]1O[C@H](COS(=O)(=O)O)[C@H](O)[C@H](O)[C@H]1O)[C@H](O)/C=C/CCCCCCCCCCCCC. The van der Waals surface area contributed by atoms with Crippen molar-refractivity contribution >= 4 is 16.3 Å². The van der Waals surface area contributed by atoms with Crippen LogP contribution in [0.2, 0.25) is 0 Å². The third-order valence-electron chi connectivity index (χ3n) is 11.7. The van der Waals surface area contributed by atoms with Gasteiger partial charge < -0.3 is 35.2 Å². The second kappa shape index (κ2) is 39.0. The van der Waals surface area contributed by atoms with Crippen LogP contribution >= 0.6 is 0 Å². The van der Waals surface area contributed by atoms with Crippen LogP contribution in [-0.4, -0.2) is 95.4 Å². The van der Waals surface area contributed by atoms with Crippen LogP contribution in [0.25, 0.3) is 0 Å². The molecule has 0 aromatic rings. The lowest BCUT2D eigenvalue weighted by Crippen LogP contribution is -2.60. The Kier molecular flexibility index (Phi) is 36.8. The minimum Gasteiger partial charge on any atom is -0.387 e. The highest BCUT2D eigenvalue weighted by Crippen LogP contribution is 2.24. The van der Waals surface area contributed by atoms with Gasteiger partial charge in [0, 0.05) is 6.42 Å². The van der Waals surface area contributed by atoms with Gasteiger partial charge in [-0.25, -0.2) is 4.18 Å². The third kappa shape index (κ3) is 32.8. The van der Waals surface area contributed by atoms with Gasteiger partial charge in [-0.2, -0.15) is 8.42 Å². The Hall–Kier alpha value is -1.42. The molecule has 12 nitrogen and oxygen atoms in total. The van der Waals surface area contributed by atoms with Crippen LogP contribution in [0.4, 0.5) is 0 Å². The van der Waals surface area contributed by atoms with E-state index in [0.29, 0.717) is 6.42 Å². The van der Waals surface area contributed by atoms with E-state index in [1.54, 1.807) is 6.08 Å². The van der Waals surface area contributed by atoms with Crippen LogP contribution in [0.5, 0.6) is 0 Å². The molecule has 7 atom stereocenters. The minimum atomic E-state index is -4.86. The highest BCUT2D eigenvalue weighted by atomic mass is 32.3. The van der Waals surface area contributed by atoms with Crippen molar-refractivity contribution < 1.29 is 51.8 Å². The van der Waals surface area contributed by atoms with E-state index in [9.17, 15) is 33.6 Å². The summed E-state index contributed by atoms with van der Waals surface area (Å²) < 4.78 is 46.6. The monoisotopic (exact) mass is 890 g/mol. The Morgan fingerprint density at radius 2 is 1.02 bits per heavy atom. The zero-order valence-corrected chi connectivity index (χ0v) is 39.3. The molecule has 1 aliphatic rings. The molecule has 360 valence electrons. The number of ether oxygens (including phenoxy) is 2. The van der Waals surface area contributed by atoms with Crippen LogP contribution in [-0.2, 0) is 28.9 Å². The van der Waals surface area contributed by atoms with Gasteiger partial charge in [-0.05, 0) is 44.9 Å². The van der Waals surface area contributed by atoms with E-state index in [0.717, 1.165) is 38.5 Å². The van der Waals surface area contributed by atoms with Gasteiger partial charge in [0.05, 0.1) is 25.4 Å². The standard InChI is InChI=1S/C48H91NO11S/c1-3-5-7-9-11-13-15-17-18-19-20-21-22-23-24-26-28-30-32-34-36-38-44(51)49-41(42(50)37-35-33-31-29-27-25-16-14-12-10-8-6-4-2)39-58-48-47(54)46(53)45(52)43(60-48)40-59-61(55,56)57/h17-18,35,37,41-43,45-48,50,52-54H,3-16,19-34,36,38-40H2,1-2H3,(H,49,51)(H,55,56,57)/b18-17-,37-35+/t41-,42+,43+,45-,46-,47+,48+/m0/s1. The predicted octanol–water partition coefficient (Wildman–Crippen LogP) is 10.1. The molecule has 0 saturated carbocycles. The summed E-state index contributed by atoms with van der Waals surface area (Å²) in [5, 5.41) is 45.1. The molecular weight excluding hydrogens is 799 g/mol. The summed E-state index contributed by atoms with van der Waals surface area (Å²) in [6, 6.07) is -0.917. The topological polar surface area (TPSA) is 192 Å². The van der Waals surface area contributed by atoms with Crippen molar-refractivity contribution in [2.45, 2.75) is 262 Å². The van der Waals surface area contributed by atoms with E-state index in [-0.39, 0.29) is 18.9 Å². The second-order valence-corrected chi connectivity index (χ2v) is 18.5. The lowest BCUT2D eigenvalue weighted by Gasteiger charge is -2.40. The maximum absolute atomic E-state index is 13.0. The van der Waals surface area contributed by atoms with Crippen molar-refractivity contribution in [1.82, 2.24) is 5.32 Å². The molecule has 13 heteroatoms. The second-order valence-electron chi connectivity index (χ2n) is 17.4. The van der Waals surface area contributed by atoms with E-state index < -0.39 is 59.9 Å². The number of hydrogen-bond donors (Lipinski definition) is 6. The fourth-order valence-electron chi connectivity index (χ4n) is 7.76. The van der Waals surface area contributed by atoms with Gasteiger partial charge in [-0.1, -0.05) is 192 Å². The number of allylic oxidation sites excluding steroid dienone is 3. The molecule has 0 aromatic heterocycles. The average Bonchev–Trinajstić information content (AvgIpc) is 3.23. The summed E-state index contributed by atoms with van der Waals surface area (Å²) >= 11 is 0. The third-order valence-corrected chi connectivity index (χ3v) is 12.2. The lowest BCUT2D eigenvalue weighted by molar-refractivity contribution is -0.301. The Balaban J connectivity index is 2.42. The first kappa shape index (κ1) is 57.6. The summed E-state index contributed by atoms with van der Waals surface area (Å²) in [5.74, 6) is -0.250. The smallest absolute Gasteiger partial charge is 0.387 e. The molecule has 0 aliphatic carbocycles. The van der Waals surface area contributed by atoms with Crippen LogP contribution < -0.4 is 5.32 Å². The predicted molar refractivity (Wildman–Crippen MR) is 245 cm³/mol. The Morgan fingerprint density at radius 3 is 1.46 bits per heavy atom. The number of rotatable bonds is 42. The van der Waals surface area contributed by atoms with Crippen molar-refractivity contribution in [3.05, 3.63) is 24.3 Å². The van der Waals surface area contributed by atoms with Crippen molar-refractivity contribution in [2.75, 3.05) is 13.2 Å². The zero-order valence-electron chi connectivity index (χ0n) is 38.5. The number of hydrogen-bond acceptors (Lipinski definition) is 10. The number of carbonyl (C=O) groups is 1. The normalized spacial score (nSPS) is 20.8. The first-order valence-corrected chi connectivity index (χ1v) is 26.1. The number of aliphatic hydroxyl groups is 4. The Labute approximate surface area is 372 Å². The van der Waals surface area contributed by atoms with Gasteiger partial charge in [-0.3, -0.25) is 9.35 Å². The Bertz CT molecular complexity index is 1190. The minimum absolute atomic E-state index is 0.250. The van der Waals surface area contributed by atoms with Crippen molar-refractivity contribution in [3.63, 3.8) is 0 Å². The molecular formula is C48H91NO11S. The maximum atomic E-state index is 13.0. The molecule has 0 radical (unpaired) electrons. The largest absolute Gasteiger partial charge is 0.397 e. The molecule has 0 unspecified atom stereocenters. The summed E-state index contributed by atoms with van der Waals surface area (Å²) in [6.45, 7) is 3.34. The first-order chi connectivity index (χ1) is 29.5. The van der Waals surface area contributed by atoms with Gasteiger partial charge in [0.15, 0.2) is 6.29 Å². The van der Waals surface area contributed by atoms with Crippen LogP contribution in [0.1, 0.15) is 219 Å². The Morgan fingerprint density at radius 1 is 0.607 bits per heavy atom. The molecule has 0 bridgehead atoms. The van der Waals surface area contributed by atoms with Gasteiger partial charge in [-0.15, -0.1) is 0 Å². The summed E-state index contributed by atoms with van der Waals surface area (Å²) in [5.41, 5.74) is 0. The number of carbonyl (C=O) groups excluding carboxylic acids is 1. The van der Waals surface area contributed by atoms with Crippen LogP contribution in [0.3, 0.4) is 0 Å². The van der Waals surface area contributed by atoms with Gasteiger partial charge >= 0.3 is 10.4 Å². The number of aliphatic hydroxyl groups excluding tert-OH is 4. The van der Waals surface area contributed by atoms with Crippen molar-refractivity contribution in [1.29, 1.82) is 0 Å². The number of nitrogens with one attached hydrogen (secondary N) is 1. The average molecular weight is 890 g/mol. The van der Waals surface area contributed by atoms with E-state index in [1.807, 2.05) is 6.08 Å². The maximum Gasteiger partial charge on any atom is 0.397 e. The van der Waals surface area contributed by atoms with Crippen LogP contribution in [0, 0.1) is 0 Å². The summed E-state index contributed by atoms with van der Waals surface area (Å²) in [4.78, 5) is 13.0. The van der Waals surface area contributed by atoms with Crippen LogP contribution in [0.15, 0.2) is 24.3 Å². The molecule has 6 N–H and O–H groups in total. The summed E-state index contributed by atoms with van der Waals surface area (Å²) in [7, 11) is -4.86. The van der Waals surface area contributed by atoms with Crippen molar-refractivity contribution in [3.8, 4) is 0 Å². The fourth-order valence-corrected chi connectivity index (χ4v) is 8.07. The van der Waals surface area contributed by atoms with E-state index in [4.69, 9.17) is 14.0 Å². The molecule has 1 heterocycles. The zero-order chi connectivity index (χ0) is 44.8. The summed E-state index contributed by atoms with van der Waals surface area (Å²) in [6.07, 6.45) is 36.9. The highest BCUT2D eigenvalue weighted by Gasteiger charge is 2.45. The van der Waals surface area contributed by atoms with Crippen molar-refractivity contribution in [2.24, 2.45) is 0 Å². The van der Waals surface area contributed by atoms with Gasteiger partial charge in [0.2, 0.25) is 5.91 Å². The first-order valence-electron chi connectivity index (χ1n) is 24.7. The number of unbranched alkanes of at least 4 members (excludes halogenated alkanes) is 28. The quantitative estimate of drug-likeness (QED) is 0.0194.